The van der Waals surface area contributed by atoms with Crippen LogP contribution in [-0.2, 0) is 6.54 Å². The van der Waals surface area contributed by atoms with E-state index in [1.807, 2.05) is 6.07 Å². The molecule has 19 heavy (non-hydrogen) atoms. The van der Waals surface area contributed by atoms with Crippen molar-refractivity contribution < 1.29 is 0 Å². The Balaban J connectivity index is 2.06. The third kappa shape index (κ3) is 2.19. The van der Waals surface area contributed by atoms with E-state index < -0.39 is 0 Å². The molecule has 0 saturated carbocycles. The third-order valence-corrected chi connectivity index (χ3v) is 3.39. The second kappa shape index (κ2) is 4.43. The number of imidazole rings is 1. The van der Waals surface area contributed by atoms with E-state index in [4.69, 9.17) is 5.73 Å². The summed E-state index contributed by atoms with van der Waals surface area (Å²) in [6.45, 7) is 4.93. The lowest BCUT2D eigenvalue weighted by Crippen LogP contribution is -2.04. The number of rotatable bonds is 2. The summed E-state index contributed by atoms with van der Waals surface area (Å²) in [4.78, 5) is 4.41. The zero-order chi connectivity index (χ0) is 13.4. The second-order valence-corrected chi connectivity index (χ2v) is 5.03. The zero-order valence-corrected chi connectivity index (χ0v) is 11.2. The molecule has 3 heteroatoms. The molecule has 3 rings (SSSR count). The summed E-state index contributed by atoms with van der Waals surface area (Å²) in [7, 11) is 0. The highest BCUT2D eigenvalue weighted by atomic mass is 15.1. The minimum atomic E-state index is 0.571. The molecule has 2 N–H and O–H groups in total. The molecule has 0 fully saturated rings. The van der Waals surface area contributed by atoms with Crippen LogP contribution in [0.1, 0.15) is 16.7 Å². The van der Waals surface area contributed by atoms with Crippen molar-refractivity contribution in [2.75, 3.05) is 5.73 Å². The Kier molecular flexibility index (Phi) is 2.75. The summed E-state index contributed by atoms with van der Waals surface area (Å²) >= 11 is 0. The number of aryl methyl sites for hydroxylation is 2. The van der Waals surface area contributed by atoms with Crippen LogP contribution in [0.25, 0.3) is 11.0 Å². The molecule has 0 aliphatic heterocycles. The Bertz CT molecular complexity index is 724. The number of aromatic nitrogens is 2. The molecule has 3 nitrogen and oxygen atoms in total. The van der Waals surface area contributed by atoms with E-state index in [1.165, 1.54) is 16.7 Å². The molecule has 0 aliphatic rings. The van der Waals surface area contributed by atoms with Crippen molar-refractivity contribution in [1.82, 2.24) is 9.55 Å². The molecule has 96 valence electrons. The van der Waals surface area contributed by atoms with Crippen LogP contribution >= 0.6 is 0 Å². The lowest BCUT2D eigenvalue weighted by Gasteiger charge is -2.07. The van der Waals surface area contributed by atoms with E-state index in [0.29, 0.717) is 5.95 Å². The summed E-state index contributed by atoms with van der Waals surface area (Å²) in [6.07, 6.45) is 0. The number of anilines is 1. The van der Waals surface area contributed by atoms with Crippen molar-refractivity contribution in [1.29, 1.82) is 0 Å². The van der Waals surface area contributed by atoms with Crippen molar-refractivity contribution in [3.05, 3.63) is 59.2 Å². The van der Waals surface area contributed by atoms with Gasteiger partial charge >= 0.3 is 0 Å². The van der Waals surface area contributed by atoms with Gasteiger partial charge in [-0.25, -0.2) is 4.98 Å². The Hall–Kier alpha value is -2.29. The molecule has 2 aromatic carbocycles. The van der Waals surface area contributed by atoms with Gasteiger partial charge in [0.15, 0.2) is 0 Å². The molecule has 0 bridgehead atoms. The smallest absolute Gasteiger partial charge is 0.201 e. The highest BCUT2D eigenvalue weighted by Gasteiger charge is 2.08. The maximum atomic E-state index is 6.03. The van der Waals surface area contributed by atoms with Crippen molar-refractivity contribution in [3.8, 4) is 0 Å². The average Bonchev–Trinajstić information content (AvgIpc) is 2.69. The van der Waals surface area contributed by atoms with Gasteiger partial charge in [-0.2, -0.15) is 0 Å². The minimum absolute atomic E-state index is 0.571. The molecule has 0 radical (unpaired) electrons. The van der Waals surface area contributed by atoms with Crippen LogP contribution in [0.4, 0.5) is 5.95 Å². The molecule has 1 aromatic heterocycles. The molecule has 0 spiro atoms. The van der Waals surface area contributed by atoms with E-state index in [1.54, 1.807) is 0 Å². The largest absolute Gasteiger partial charge is 0.369 e. The lowest BCUT2D eigenvalue weighted by molar-refractivity contribution is 0.838. The van der Waals surface area contributed by atoms with Crippen LogP contribution in [-0.4, -0.2) is 9.55 Å². The number of benzene rings is 2. The van der Waals surface area contributed by atoms with Gasteiger partial charge in [0.2, 0.25) is 5.95 Å². The van der Waals surface area contributed by atoms with Gasteiger partial charge in [0.1, 0.15) is 0 Å². The molecule has 3 aromatic rings. The Morgan fingerprint density at radius 1 is 1.00 bits per heavy atom. The van der Waals surface area contributed by atoms with E-state index in [2.05, 4.69) is 59.8 Å². The zero-order valence-electron chi connectivity index (χ0n) is 11.2. The van der Waals surface area contributed by atoms with Gasteiger partial charge < -0.3 is 10.3 Å². The normalized spacial score (nSPS) is 11.1. The van der Waals surface area contributed by atoms with Crippen molar-refractivity contribution in [2.24, 2.45) is 0 Å². The van der Waals surface area contributed by atoms with Gasteiger partial charge in [-0.15, -0.1) is 0 Å². The van der Waals surface area contributed by atoms with E-state index >= 15 is 0 Å². The molecular formula is C16H17N3. The average molecular weight is 251 g/mol. The Morgan fingerprint density at radius 2 is 1.68 bits per heavy atom. The van der Waals surface area contributed by atoms with Gasteiger partial charge in [-0.05, 0) is 37.1 Å². The molecule has 1 heterocycles. The Labute approximate surface area is 112 Å². The predicted octanol–water partition coefficient (Wildman–Crippen LogP) is 3.28. The van der Waals surface area contributed by atoms with Crippen LogP contribution in [0.15, 0.2) is 42.5 Å². The van der Waals surface area contributed by atoms with E-state index in [-0.39, 0.29) is 0 Å². The number of hydrogen-bond acceptors (Lipinski definition) is 2. The van der Waals surface area contributed by atoms with Gasteiger partial charge in [0, 0.05) is 0 Å². The fourth-order valence-electron chi connectivity index (χ4n) is 2.29. The van der Waals surface area contributed by atoms with Gasteiger partial charge in [0.05, 0.1) is 17.6 Å². The fourth-order valence-corrected chi connectivity index (χ4v) is 2.29. The molecule has 0 aliphatic carbocycles. The van der Waals surface area contributed by atoms with Crippen LogP contribution in [0.5, 0.6) is 0 Å². The summed E-state index contributed by atoms with van der Waals surface area (Å²) in [5, 5.41) is 0. The quantitative estimate of drug-likeness (QED) is 0.759. The highest BCUT2D eigenvalue weighted by Crippen LogP contribution is 2.20. The van der Waals surface area contributed by atoms with Gasteiger partial charge in [0.25, 0.3) is 0 Å². The maximum Gasteiger partial charge on any atom is 0.201 e. The first-order valence-electron chi connectivity index (χ1n) is 6.41. The fraction of sp³-hybridized carbons (Fsp3) is 0.188. The first kappa shape index (κ1) is 11.8. The third-order valence-electron chi connectivity index (χ3n) is 3.39. The van der Waals surface area contributed by atoms with E-state index in [9.17, 15) is 0 Å². The summed E-state index contributed by atoms with van der Waals surface area (Å²) in [5.74, 6) is 0.571. The first-order chi connectivity index (χ1) is 9.13. The number of nitrogens with two attached hydrogens (primary N) is 1. The number of nitrogens with zero attached hydrogens (tertiary/aromatic N) is 2. The standard InChI is InChI=1S/C16H17N3/c1-11-3-6-13(7-4-11)10-19-15-9-12(2)5-8-14(15)18-16(19)17/h3-9H,10H2,1-2H3,(H2,17,18). The highest BCUT2D eigenvalue weighted by molar-refractivity contribution is 5.79. The minimum Gasteiger partial charge on any atom is -0.369 e. The van der Waals surface area contributed by atoms with Crippen molar-refractivity contribution in [2.45, 2.75) is 20.4 Å². The van der Waals surface area contributed by atoms with E-state index in [0.717, 1.165) is 17.6 Å². The number of fused-ring (bicyclic) bond motifs is 1. The second-order valence-electron chi connectivity index (χ2n) is 5.03. The van der Waals surface area contributed by atoms with Crippen LogP contribution in [0, 0.1) is 13.8 Å². The van der Waals surface area contributed by atoms with Crippen molar-refractivity contribution >= 4 is 17.0 Å². The summed E-state index contributed by atoms with van der Waals surface area (Å²) < 4.78 is 2.06. The maximum absolute atomic E-state index is 6.03. The van der Waals surface area contributed by atoms with Crippen LogP contribution < -0.4 is 5.73 Å². The first-order valence-corrected chi connectivity index (χ1v) is 6.41. The molecular weight excluding hydrogens is 234 g/mol. The van der Waals surface area contributed by atoms with Crippen molar-refractivity contribution in [3.63, 3.8) is 0 Å². The number of hydrogen-bond donors (Lipinski definition) is 1. The van der Waals surface area contributed by atoms with Crippen LogP contribution in [0.3, 0.4) is 0 Å². The Morgan fingerprint density at radius 3 is 2.42 bits per heavy atom. The summed E-state index contributed by atoms with van der Waals surface area (Å²) in [6, 6.07) is 14.7. The summed E-state index contributed by atoms with van der Waals surface area (Å²) in [5.41, 5.74) is 11.8. The topological polar surface area (TPSA) is 43.8 Å². The molecule has 0 atom stereocenters. The lowest BCUT2D eigenvalue weighted by atomic mass is 10.1. The number of nitrogen functional groups attached to an aromatic ring is 1. The van der Waals surface area contributed by atoms with Crippen LogP contribution in [0.2, 0.25) is 0 Å². The SMILES string of the molecule is Cc1ccc(Cn2c(N)nc3ccc(C)cc32)cc1. The molecule has 0 unspecified atom stereocenters. The predicted molar refractivity (Wildman–Crippen MR) is 79.2 cm³/mol. The van der Waals surface area contributed by atoms with Gasteiger partial charge in [-0.1, -0.05) is 35.9 Å². The monoisotopic (exact) mass is 251 g/mol. The molecule has 0 saturated heterocycles. The molecule has 0 amide bonds. The van der Waals surface area contributed by atoms with Gasteiger partial charge in [-0.3, -0.25) is 0 Å².